The Morgan fingerprint density at radius 2 is 1.55 bits per heavy atom. The first-order chi connectivity index (χ1) is 10.6. The fourth-order valence-electron chi connectivity index (χ4n) is 2.78. The molecule has 5 heteroatoms. The van der Waals surface area contributed by atoms with E-state index in [0.717, 1.165) is 5.69 Å². The number of hydrogen-bond donors (Lipinski definition) is 0. The molecular weight excluding hydrogens is 298 g/mol. The first-order valence-electron chi connectivity index (χ1n) is 7.21. The van der Waals surface area contributed by atoms with Crippen LogP contribution >= 0.6 is 0 Å². The van der Waals surface area contributed by atoms with Gasteiger partial charge in [-0.15, -0.1) is 0 Å². The summed E-state index contributed by atoms with van der Waals surface area (Å²) in [6.45, 7) is 0. The molecule has 0 bridgehead atoms. The highest BCUT2D eigenvalue weighted by Crippen LogP contribution is 2.26. The third-order valence-electron chi connectivity index (χ3n) is 3.85. The quantitative estimate of drug-likeness (QED) is 0.874. The average molecular weight is 315 g/mol. The smallest absolute Gasteiger partial charge is 0.258 e. The number of amides is 1. The molecule has 0 saturated carbocycles. The molecule has 1 atom stereocenters. The molecule has 0 aliphatic carbocycles. The summed E-state index contributed by atoms with van der Waals surface area (Å²) in [5.74, 6) is 0.0118. The van der Waals surface area contributed by atoms with Crippen molar-refractivity contribution in [2.24, 2.45) is 0 Å². The molecular formula is C17H17NO3S. The molecule has 1 amide bonds. The van der Waals surface area contributed by atoms with Gasteiger partial charge in [0.25, 0.3) is 5.91 Å². The van der Waals surface area contributed by atoms with Gasteiger partial charge in [0.15, 0.2) is 9.84 Å². The van der Waals surface area contributed by atoms with Gasteiger partial charge in [-0.2, -0.15) is 0 Å². The second-order valence-electron chi connectivity index (χ2n) is 5.43. The van der Waals surface area contributed by atoms with E-state index in [-0.39, 0.29) is 23.5 Å². The Morgan fingerprint density at radius 1 is 0.955 bits per heavy atom. The molecule has 2 aromatic carbocycles. The van der Waals surface area contributed by atoms with Crippen molar-refractivity contribution in [3.63, 3.8) is 0 Å². The Kier molecular flexibility index (Phi) is 3.98. The van der Waals surface area contributed by atoms with Gasteiger partial charge < -0.3 is 4.90 Å². The van der Waals surface area contributed by atoms with Crippen molar-refractivity contribution in [1.82, 2.24) is 0 Å². The highest BCUT2D eigenvalue weighted by Gasteiger charge is 2.35. The zero-order chi connectivity index (χ0) is 15.6. The third kappa shape index (κ3) is 3.04. The van der Waals surface area contributed by atoms with E-state index >= 15 is 0 Å². The highest BCUT2D eigenvalue weighted by atomic mass is 32.2. The van der Waals surface area contributed by atoms with Gasteiger partial charge in [-0.05, 0) is 30.7 Å². The predicted molar refractivity (Wildman–Crippen MR) is 86.8 cm³/mol. The average Bonchev–Trinajstić information content (AvgIpc) is 2.89. The standard InChI is InChI=1S/C17H17NO3S/c19-17(14-7-3-1-4-8-14)18(15-9-5-2-6-10-15)16-11-12-22(20,21)13-16/h1-10,16H,11-13H2. The minimum absolute atomic E-state index is 0.0282. The molecule has 22 heavy (non-hydrogen) atoms. The van der Waals surface area contributed by atoms with Crippen LogP contribution in [0.25, 0.3) is 0 Å². The molecule has 1 aliphatic heterocycles. The first kappa shape index (κ1) is 14.8. The molecule has 2 aromatic rings. The van der Waals surface area contributed by atoms with Crippen LogP contribution in [0, 0.1) is 0 Å². The van der Waals surface area contributed by atoms with Crippen LogP contribution in [0.15, 0.2) is 60.7 Å². The van der Waals surface area contributed by atoms with Gasteiger partial charge in [-0.25, -0.2) is 8.42 Å². The summed E-state index contributed by atoms with van der Waals surface area (Å²) in [6.07, 6.45) is 0.482. The fourth-order valence-corrected chi connectivity index (χ4v) is 4.48. The van der Waals surface area contributed by atoms with Gasteiger partial charge >= 0.3 is 0 Å². The predicted octanol–water partition coefficient (Wildman–Crippen LogP) is 2.52. The van der Waals surface area contributed by atoms with Gasteiger partial charge in [0.2, 0.25) is 0 Å². The number of carbonyl (C=O) groups excluding carboxylic acids is 1. The van der Waals surface area contributed by atoms with Gasteiger partial charge in [0, 0.05) is 11.3 Å². The summed E-state index contributed by atoms with van der Waals surface area (Å²) in [5.41, 5.74) is 1.30. The van der Waals surface area contributed by atoms with Gasteiger partial charge in [-0.3, -0.25) is 4.79 Å². The number of anilines is 1. The molecule has 0 aromatic heterocycles. The SMILES string of the molecule is O=C(c1ccccc1)N(c1ccccc1)C1CCS(=O)(=O)C1. The topological polar surface area (TPSA) is 54.5 Å². The van der Waals surface area contributed by atoms with E-state index in [1.807, 2.05) is 48.5 Å². The maximum Gasteiger partial charge on any atom is 0.258 e. The van der Waals surface area contributed by atoms with Crippen LogP contribution < -0.4 is 4.90 Å². The fraction of sp³-hybridized carbons (Fsp3) is 0.235. The van der Waals surface area contributed by atoms with E-state index in [1.54, 1.807) is 17.0 Å². The number of hydrogen-bond acceptors (Lipinski definition) is 3. The molecule has 1 fully saturated rings. The molecule has 3 rings (SSSR count). The minimum atomic E-state index is -3.06. The first-order valence-corrected chi connectivity index (χ1v) is 9.03. The third-order valence-corrected chi connectivity index (χ3v) is 5.60. The van der Waals surface area contributed by atoms with Crippen molar-refractivity contribution in [2.75, 3.05) is 16.4 Å². The Balaban J connectivity index is 1.99. The van der Waals surface area contributed by atoms with Gasteiger partial charge in [-0.1, -0.05) is 36.4 Å². The van der Waals surface area contributed by atoms with Crippen LogP contribution in [0.5, 0.6) is 0 Å². The number of rotatable bonds is 3. The molecule has 1 heterocycles. The van der Waals surface area contributed by atoms with Crippen molar-refractivity contribution in [1.29, 1.82) is 0 Å². The van der Waals surface area contributed by atoms with Crippen molar-refractivity contribution in [3.05, 3.63) is 66.2 Å². The lowest BCUT2D eigenvalue weighted by atomic mass is 10.1. The molecule has 4 nitrogen and oxygen atoms in total. The van der Waals surface area contributed by atoms with Crippen molar-refractivity contribution in [2.45, 2.75) is 12.5 Å². The monoisotopic (exact) mass is 315 g/mol. The second kappa shape index (κ2) is 5.93. The Morgan fingerprint density at radius 3 is 2.09 bits per heavy atom. The summed E-state index contributed by atoms with van der Waals surface area (Å²) in [6, 6.07) is 17.9. The highest BCUT2D eigenvalue weighted by molar-refractivity contribution is 7.91. The van der Waals surface area contributed by atoms with Crippen LogP contribution in [0.3, 0.4) is 0 Å². The zero-order valence-electron chi connectivity index (χ0n) is 12.1. The summed E-state index contributed by atoms with van der Waals surface area (Å²) in [4.78, 5) is 14.5. The summed E-state index contributed by atoms with van der Waals surface area (Å²) < 4.78 is 23.6. The Labute approximate surface area is 130 Å². The summed E-state index contributed by atoms with van der Waals surface area (Å²) >= 11 is 0. The van der Waals surface area contributed by atoms with E-state index < -0.39 is 9.84 Å². The Hall–Kier alpha value is -2.14. The lowest BCUT2D eigenvalue weighted by Gasteiger charge is -2.28. The van der Waals surface area contributed by atoms with E-state index in [9.17, 15) is 13.2 Å². The lowest BCUT2D eigenvalue weighted by molar-refractivity contribution is 0.0979. The van der Waals surface area contributed by atoms with Gasteiger partial charge in [0.05, 0.1) is 17.5 Å². The largest absolute Gasteiger partial charge is 0.304 e. The van der Waals surface area contributed by atoms with E-state index in [2.05, 4.69) is 0 Å². The van der Waals surface area contributed by atoms with Crippen molar-refractivity contribution >= 4 is 21.4 Å². The number of benzene rings is 2. The van der Waals surface area contributed by atoms with Crippen LogP contribution in [0.1, 0.15) is 16.8 Å². The molecule has 0 spiro atoms. The maximum absolute atomic E-state index is 12.9. The second-order valence-corrected chi connectivity index (χ2v) is 7.66. The molecule has 1 saturated heterocycles. The van der Waals surface area contributed by atoms with E-state index in [0.29, 0.717) is 12.0 Å². The molecule has 114 valence electrons. The van der Waals surface area contributed by atoms with Crippen molar-refractivity contribution in [3.8, 4) is 0 Å². The maximum atomic E-state index is 12.9. The van der Waals surface area contributed by atoms with E-state index in [4.69, 9.17) is 0 Å². The summed E-state index contributed by atoms with van der Waals surface area (Å²) in [5, 5.41) is 0. The number of nitrogens with zero attached hydrogens (tertiary/aromatic N) is 1. The number of sulfone groups is 1. The summed E-state index contributed by atoms with van der Waals surface area (Å²) in [7, 11) is -3.06. The minimum Gasteiger partial charge on any atom is -0.304 e. The number of para-hydroxylation sites is 1. The zero-order valence-corrected chi connectivity index (χ0v) is 12.9. The van der Waals surface area contributed by atoms with Crippen LogP contribution in [0.2, 0.25) is 0 Å². The molecule has 1 aliphatic rings. The van der Waals surface area contributed by atoms with Gasteiger partial charge in [0.1, 0.15) is 0 Å². The lowest BCUT2D eigenvalue weighted by Crippen LogP contribution is -2.41. The number of carbonyl (C=O) groups is 1. The molecule has 1 unspecified atom stereocenters. The van der Waals surface area contributed by atoms with Crippen LogP contribution in [-0.4, -0.2) is 31.9 Å². The van der Waals surface area contributed by atoms with Crippen molar-refractivity contribution < 1.29 is 13.2 Å². The normalized spacial score (nSPS) is 19.7. The van der Waals surface area contributed by atoms with Crippen LogP contribution in [-0.2, 0) is 9.84 Å². The van der Waals surface area contributed by atoms with Crippen LogP contribution in [0.4, 0.5) is 5.69 Å². The molecule has 0 N–H and O–H groups in total. The Bertz CT molecular complexity index is 757. The molecule has 0 radical (unpaired) electrons. The van der Waals surface area contributed by atoms with E-state index in [1.165, 1.54) is 0 Å².